The van der Waals surface area contributed by atoms with Gasteiger partial charge in [0.1, 0.15) is 5.75 Å². The molecule has 1 aromatic carbocycles. The van der Waals surface area contributed by atoms with E-state index in [0.29, 0.717) is 16.6 Å². The smallest absolute Gasteiger partial charge is 0.234 e. The van der Waals surface area contributed by atoms with Gasteiger partial charge in [-0.25, -0.2) is 4.68 Å². The van der Waals surface area contributed by atoms with Crippen LogP contribution in [0.4, 0.5) is 5.69 Å². The van der Waals surface area contributed by atoms with Crippen LogP contribution in [-0.2, 0) is 11.8 Å². The van der Waals surface area contributed by atoms with E-state index >= 15 is 0 Å². The molecule has 21 heavy (non-hydrogen) atoms. The molecule has 1 amide bonds. The molecule has 112 valence electrons. The first-order valence-corrected chi connectivity index (χ1v) is 7.45. The average Bonchev–Trinajstić information content (AvgIpc) is 2.84. The Kier molecular flexibility index (Phi) is 5.15. The van der Waals surface area contributed by atoms with Gasteiger partial charge in [0.2, 0.25) is 11.1 Å². The van der Waals surface area contributed by atoms with Gasteiger partial charge in [-0.2, -0.15) is 0 Å². The first-order valence-electron chi connectivity index (χ1n) is 6.47. The molecule has 0 aliphatic rings. The average molecular weight is 307 g/mol. The van der Waals surface area contributed by atoms with Crippen molar-refractivity contribution in [2.45, 2.75) is 25.1 Å². The highest BCUT2D eigenvalue weighted by atomic mass is 32.2. The van der Waals surface area contributed by atoms with E-state index in [1.807, 2.05) is 38.1 Å². The summed E-state index contributed by atoms with van der Waals surface area (Å²) in [5, 5.41) is 14.5. The van der Waals surface area contributed by atoms with Gasteiger partial charge in [-0.05, 0) is 36.4 Å². The summed E-state index contributed by atoms with van der Waals surface area (Å²) in [6.07, 6.45) is 0.0437. The van der Waals surface area contributed by atoms with E-state index in [2.05, 4.69) is 20.8 Å². The third-order valence-corrected chi connectivity index (χ3v) is 3.45. The highest BCUT2D eigenvalue weighted by Crippen LogP contribution is 2.25. The summed E-state index contributed by atoms with van der Waals surface area (Å²) in [6.45, 7) is 3.88. The summed E-state index contributed by atoms with van der Waals surface area (Å²) in [4.78, 5) is 12.0. The quantitative estimate of drug-likeness (QED) is 0.818. The zero-order valence-corrected chi connectivity index (χ0v) is 12.9. The lowest BCUT2D eigenvalue weighted by Crippen LogP contribution is -2.16. The third-order valence-electron chi connectivity index (χ3n) is 2.44. The van der Waals surface area contributed by atoms with Gasteiger partial charge in [-0.15, -0.1) is 5.10 Å². The highest BCUT2D eigenvalue weighted by Gasteiger charge is 2.11. The van der Waals surface area contributed by atoms with Crippen molar-refractivity contribution in [3.05, 3.63) is 24.3 Å². The van der Waals surface area contributed by atoms with Crippen molar-refractivity contribution in [3.8, 4) is 5.75 Å². The number of carbonyl (C=O) groups is 1. The van der Waals surface area contributed by atoms with Crippen LogP contribution in [0.25, 0.3) is 0 Å². The fourth-order valence-electron chi connectivity index (χ4n) is 1.59. The predicted molar refractivity (Wildman–Crippen MR) is 80.4 cm³/mol. The maximum absolute atomic E-state index is 12.0. The normalized spacial score (nSPS) is 10.7. The van der Waals surface area contributed by atoms with Crippen molar-refractivity contribution in [3.63, 3.8) is 0 Å². The molecule has 1 aromatic heterocycles. The SMILES string of the molecule is CC(C)Oc1ccccc1NC(=O)CSc1nnnn1C. The van der Waals surface area contributed by atoms with Crippen LogP contribution in [0.1, 0.15) is 13.8 Å². The van der Waals surface area contributed by atoms with Crippen LogP contribution in [0.5, 0.6) is 5.75 Å². The van der Waals surface area contributed by atoms with Crippen molar-refractivity contribution < 1.29 is 9.53 Å². The molecule has 0 atom stereocenters. The zero-order chi connectivity index (χ0) is 15.2. The fourth-order valence-corrected chi connectivity index (χ4v) is 2.24. The third kappa shape index (κ3) is 4.45. The van der Waals surface area contributed by atoms with Crippen LogP contribution in [0.2, 0.25) is 0 Å². The molecule has 0 bridgehead atoms. The summed E-state index contributed by atoms with van der Waals surface area (Å²) in [6, 6.07) is 7.36. The van der Waals surface area contributed by atoms with Crippen molar-refractivity contribution in [2.75, 3.05) is 11.1 Å². The Morgan fingerprint density at radius 2 is 2.19 bits per heavy atom. The van der Waals surface area contributed by atoms with E-state index < -0.39 is 0 Å². The Morgan fingerprint density at radius 1 is 1.43 bits per heavy atom. The Hall–Kier alpha value is -2.09. The molecule has 0 spiro atoms. The van der Waals surface area contributed by atoms with Crippen LogP contribution in [0.3, 0.4) is 0 Å². The molecule has 0 saturated carbocycles. The van der Waals surface area contributed by atoms with Crippen LogP contribution in [0.15, 0.2) is 29.4 Å². The van der Waals surface area contributed by atoms with E-state index in [4.69, 9.17) is 4.74 Å². The lowest BCUT2D eigenvalue weighted by atomic mass is 10.3. The molecule has 0 radical (unpaired) electrons. The first-order chi connectivity index (χ1) is 10.1. The van der Waals surface area contributed by atoms with Gasteiger partial charge in [0.25, 0.3) is 0 Å². The maximum atomic E-state index is 12.0. The van der Waals surface area contributed by atoms with Gasteiger partial charge in [0.05, 0.1) is 17.5 Å². The summed E-state index contributed by atoms with van der Waals surface area (Å²) in [5.74, 6) is 0.749. The van der Waals surface area contributed by atoms with Crippen LogP contribution in [-0.4, -0.2) is 38.0 Å². The standard InChI is InChI=1S/C13H17N5O2S/c1-9(2)20-11-7-5-4-6-10(11)14-12(19)8-21-13-15-16-17-18(13)3/h4-7,9H,8H2,1-3H3,(H,14,19). The molecule has 0 saturated heterocycles. The number of nitrogens with one attached hydrogen (secondary N) is 1. The van der Waals surface area contributed by atoms with E-state index in [1.54, 1.807) is 7.05 Å². The Labute approximate surface area is 127 Å². The number of aryl methyl sites for hydroxylation is 1. The summed E-state index contributed by atoms with van der Waals surface area (Å²) in [5.41, 5.74) is 0.660. The molecule has 0 unspecified atom stereocenters. The molecule has 2 rings (SSSR count). The minimum Gasteiger partial charge on any atom is -0.489 e. The number of benzene rings is 1. The maximum Gasteiger partial charge on any atom is 0.234 e. The number of aromatic nitrogens is 4. The molecule has 7 nitrogen and oxygen atoms in total. The Bertz CT molecular complexity index is 614. The number of para-hydroxylation sites is 2. The number of hydrogen-bond donors (Lipinski definition) is 1. The molecule has 8 heteroatoms. The van der Waals surface area contributed by atoms with Crippen molar-refractivity contribution in [1.82, 2.24) is 20.2 Å². The largest absolute Gasteiger partial charge is 0.489 e. The minimum absolute atomic E-state index is 0.0437. The number of hydrogen-bond acceptors (Lipinski definition) is 6. The van der Waals surface area contributed by atoms with Gasteiger partial charge in [-0.1, -0.05) is 23.9 Å². The van der Waals surface area contributed by atoms with Crippen molar-refractivity contribution in [2.24, 2.45) is 7.05 Å². The second kappa shape index (κ2) is 7.07. The topological polar surface area (TPSA) is 81.9 Å². The zero-order valence-electron chi connectivity index (χ0n) is 12.1. The van der Waals surface area contributed by atoms with E-state index in [9.17, 15) is 4.79 Å². The number of thioether (sulfide) groups is 1. The number of tetrazole rings is 1. The monoisotopic (exact) mass is 307 g/mol. The molecule has 1 heterocycles. The molecule has 1 N–H and O–H groups in total. The van der Waals surface area contributed by atoms with Crippen LogP contribution in [0, 0.1) is 0 Å². The van der Waals surface area contributed by atoms with E-state index in [0.717, 1.165) is 0 Å². The summed E-state index contributed by atoms with van der Waals surface area (Å²) in [7, 11) is 1.73. The summed E-state index contributed by atoms with van der Waals surface area (Å²) < 4.78 is 7.18. The van der Waals surface area contributed by atoms with Gasteiger partial charge in [-0.3, -0.25) is 4.79 Å². The molecule has 0 fully saturated rings. The first kappa shape index (κ1) is 15.3. The van der Waals surface area contributed by atoms with Gasteiger partial charge < -0.3 is 10.1 Å². The Balaban J connectivity index is 1.95. The second-order valence-corrected chi connectivity index (χ2v) is 5.53. The van der Waals surface area contributed by atoms with Crippen molar-refractivity contribution in [1.29, 1.82) is 0 Å². The van der Waals surface area contributed by atoms with Gasteiger partial charge >= 0.3 is 0 Å². The van der Waals surface area contributed by atoms with Crippen LogP contribution >= 0.6 is 11.8 Å². The second-order valence-electron chi connectivity index (χ2n) is 4.58. The summed E-state index contributed by atoms with van der Waals surface area (Å²) >= 11 is 1.27. The molecular formula is C13H17N5O2S. The molecule has 2 aromatic rings. The molecular weight excluding hydrogens is 290 g/mol. The number of nitrogens with zero attached hydrogens (tertiary/aromatic N) is 4. The number of carbonyl (C=O) groups excluding carboxylic acids is 1. The van der Waals surface area contributed by atoms with Gasteiger partial charge in [0, 0.05) is 7.05 Å². The number of anilines is 1. The highest BCUT2D eigenvalue weighted by molar-refractivity contribution is 7.99. The Morgan fingerprint density at radius 3 is 2.86 bits per heavy atom. The molecule has 0 aliphatic heterocycles. The molecule has 0 aliphatic carbocycles. The van der Waals surface area contributed by atoms with Crippen molar-refractivity contribution >= 4 is 23.4 Å². The van der Waals surface area contributed by atoms with Gasteiger partial charge in [0.15, 0.2) is 0 Å². The fraction of sp³-hybridized carbons (Fsp3) is 0.385. The van der Waals surface area contributed by atoms with E-state index in [1.165, 1.54) is 16.4 Å². The van der Waals surface area contributed by atoms with Crippen LogP contribution < -0.4 is 10.1 Å². The van der Waals surface area contributed by atoms with E-state index in [-0.39, 0.29) is 17.8 Å². The predicted octanol–water partition coefficient (Wildman–Crippen LogP) is 1.73. The number of ether oxygens (including phenoxy) is 1. The lowest BCUT2D eigenvalue weighted by molar-refractivity contribution is -0.113. The number of amides is 1. The number of rotatable bonds is 6. The minimum atomic E-state index is -0.136. The lowest BCUT2D eigenvalue weighted by Gasteiger charge is -2.14.